The van der Waals surface area contributed by atoms with E-state index in [9.17, 15) is 9.50 Å². The Bertz CT molecular complexity index is 1790. The highest BCUT2D eigenvalue weighted by atomic mass is 19.1. The van der Waals surface area contributed by atoms with Gasteiger partial charge in [-0.25, -0.2) is 13.8 Å². The zero-order valence-electron chi connectivity index (χ0n) is 23.4. The first-order valence-electron chi connectivity index (χ1n) is 14.0. The van der Waals surface area contributed by atoms with E-state index in [4.69, 9.17) is 20.9 Å². The number of benzene rings is 2. The van der Waals surface area contributed by atoms with Gasteiger partial charge in [-0.15, -0.1) is 6.42 Å². The third-order valence-electron chi connectivity index (χ3n) is 8.31. The number of piperazine rings is 1. The average Bonchev–Trinajstić information content (AvgIpc) is 3.76. The number of pyridine rings is 1. The minimum Gasteiger partial charge on any atom is -0.508 e. The number of nitrogens with zero attached hydrogens (tertiary/aromatic N) is 5. The number of hydrogen-bond acceptors (Lipinski definition) is 9. The van der Waals surface area contributed by atoms with E-state index in [0.29, 0.717) is 36.3 Å². The summed E-state index contributed by atoms with van der Waals surface area (Å²) in [5, 5.41) is 15.0. The largest absolute Gasteiger partial charge is 0.508 e. The van der Waals surface area contributed by atoms with Crippen LogP contribution < -0.4 is 19.7 Å². The Morgan fingerprint density at radius 1 is 1.21 bits per heavy atom. The number of aromatic nitrogens is 3. The summed E-state index contributed by atoms with van der Waals surface area (Å²) in [5.41, 5.74) is -0.102. The summed E-state index contributed by atoms with van der Waals surface area (Å²) in [4.78, 5) is 18.2. The Labute approximate surface area is 241 Å². The molecule has 4 aromatic rings. The lowest BCUT2D eigenvalue weighted by Crippen LogP contribution is -2.53. The van der Waals surface area contributed by atoms with Crippen molar-refractivity contribution < 1.29 is 23.4 Å². The minimum absolute atomic E-state index is 0.0138. The molecule has 216 valence electrons. The molecular formula is C31H30F2N6O3. The molecule has 1 atom stereocenters. The molecule has 2 aromatic carbocycles. The van der Waals surface area contributed by atoms with Crippen LogP contribution in [0.4, 0.5) is 14.6 Å². The number of halogens is 2. The lowest BCUT2D eigenvalue weighted by molar-refractivity contribution is 0.183. The highest BCUT2D eigenvalue weighted by molar-refractivity contribution is 6.04. The number of anilines is 1. The highest BCUT2D eigenvalue weighted by Gasteiger charge is 2.44. The van der Waals surface area contributed by atoms with E-state index in [2.05, 4.69) is 31.0 Å². The number of ether oxygens (including phenoxy) is 2. The molecule has 1 saturated heterocycles. The van der Waals surface area contributed by atoms with Gasteiger partial charge in [0.25, 0.3) is 0 Å². The van der Waals surface area contributed by atoms with Gasteiger partial charge in [-0.3, -0.25) is 0 Å². The number of fused-ring (bicyclic) bond motifs is 3. The van der Waals surface area contributed by atoms with Crippen molar-refractivity contribution in [2.75, 3.05) is 58.4 Å². The predicted octanol–water partition coefficient (Wildman–Crippen LogP) is 3.70. The molecule has 7 rings (SSSR count). The van der Waals surface area contributed by atoms with Crippen molar-refractivity contribution in [3.8, 4) is 41.2 Å². The van der Waals surface area contributed by atoms with Crippen LogP contribution in [0.1, 0.15) is 18.4 Å². The molecule has 3 aliphatic rings. The molecule has 2 aliphatic heterocycles. The van der Waals surface area contributed by atoms with E-state index in [0.717, 1.165) is 25.9 Å². The van der Waals surface area contributed by atoms with Crippen molar-refractivity contribution in [2.45, 2.75) is 18.9 Å². The SMILES string of the molecule is C#Cc1c(F)ccc2cc(O)cc(-c3nc4c5c(nc(OCC6(CN(C)C)CC6)nc5c3F)N3CCNC[C@H]3CO4)c12. The molecule has 9 nitrogen and oxygen atoms in total. The molecule has 4 heterocycles. The number of phenolic OH excluding ortho intramolecular Hbond substituents is 1. The first-order chi connectivity index (χ1) is 20.3. The van der Waals surface area contributed by atoms with Crippen molar-refractivity contribution in [1.82, 2.24) is 25.2 Å². The van der Waals surface area contributed by atoms with E-state index in [1.165, 1.54) is 24.3 Å². The molecule has 1 saturated carbocycles. The Morgan fingerprint density at radius 3 is 2.81 bits per heavy atom. The number of terminal acetylenes is 1. The molecular weight excluding hydrogens is 542 g/mol. The van der Waals surface area contributed by atoms with Crippen LogP contribution in [0.3, 0.4) is 0 Å². The zero-order valence-corrected chi connectivity index (χ0v) is 23.4. The molecule has 2 N–H and O–H groups in total. The molecule has 2 fully saturated rings. The first-order valence-corrected chi connectivity index (χ1v) is 14.0. The quantitative estimate of drug-likeness (QED) is 0.336. The van der Waals surface area contributed by atoms with Crippen LogP contribution in [0.5, 0.6) is 17.6 Å². The van der Waals surface area contributed by atoms with Crippen LogP contribution in [-0.2, 0) is 0 Å². The summed E-state index contributed by atoms with van der Waals surface area (Å²) in [6, 6.07) is 5.48. The highest BCUT2D eigenvalue weighted by Crippen LogP contribution is 2.47. The first kappa shape index (κ1) is 26.6. The summed E-state index contributed by atoms with van der Waals surface area (Å²) < 4.78 is 43.9. The summed E-state index contributed by atoms with van der Waals surface area (Å²) >= 11 is 0. The Morgan fingerprint density at radius 2 is 2.05 bits per heavy atom. The second-order valence-corrected chi connectivity index (χ2v) is 11.7. The molecule has 11 heteroatoms. The van der Waals surface area contributed by atoms with Crippen molar-refractivity contribution in [2.24, 2.45) is 5.41 Å². The van der Waals surface area contributed by atoms with Gasteiger partial charge in [0.15, 0.2) is 5.82 Å². The fourth-order valence-corrected chi connectivity index (χ4v) is 6.19. The van der Waals surface area contributed by atoms with Crippen LogP contribution in [0.25, 0.3) is 32.9 Å². The molecule has 42 heavy (non-hydrogen) atoms. The van der Waals surface area contributed by atoms with Gasteiger partial charge in [-0.2, -0.15) is 9.97 Å². The third-order valence-corrected chi connectivity index (χ3v) is 8.31. The molecule has 0 unspecified atom stereocenters. The lowest BCUT2D eigenvalue weighted by Gasteiger charge is -2.35. The van der Waals surface area contributed by atoms with E-state index < -0.39 is 11.6 Å². The maximum atomic E-state index is 16.7. The van der Waals surface area contributed by atoms with E-state index in [-0.39, 0.29) is 63.4 Å². The molecule has 0 spiro atoms. The van der Waals surface area contributed by atoms with Gasteiger partial charge < -0.3 is 29.7 Å². The van der Waals surface area contributed by atoms with Gasteiger partial charge >= 0.3 is 6.01 Å². The van der Waals surface area contributed by atoms with Gasteiger partial charge in [0.2, 0.25) is 5.88 Å². The van der Waals surface area contributed by atoms with Crippen LogP contribution >= 0.6 is 0 Å². The van der Waals surface area contributed by atoms with Gasteiger partial charge in [0, 0.05) is 42.5 Å². The fourth-order valence-electron chi connectivity index (χ4n) is 6.19. The van der Waals surface area contributed by atoms with Crippen LogP contribution in [0.2, 0.25) is 0 Å². The number of nitrogens with one attached hydrogen (secondary N) is 1. The van der Waals surface area contributed by atoms with E-state index >= 15 is 4.39 Å². The number of rotatable bonds is 6. The Hall–Kier alpha value is -4.27. The molecule has 0 bridgehead atoms. The second-order valence-electron chi connectivity index (χ2n) is 11.7. The van der Waals surface area contributed by atoms with Crippen LogP contribution in [-0.4, -0.2) is 84.5 Å². The minimum atomic E-state index is -0.770. The Kier molecular flexibility index (Phi) is 6.29. The lowest BCUT2D eigenvalue weighted by atomic mass is 9.95. The number of phenols is 1. The van der Waals surface area contributed by atoms with Crippen molar-refractivity contribution in [3.63, 3.8) is 0 Å². The van der Waals surface area contributed by atoms with Crippen LogP contribution in [0, 0.1) is 29.4 Å². The monoisotopic (exact) mass is 572 g/mol. The van der Waals surface area contributed by atoms with E-state index in [1.54, 1.807) is 0 Å². The summed E-state index contributed by atoms with van der Waals surface area (Å²) in [5.74, 6) is 1.48. The fraction of sp³-hybridized carbons (Fsp3) is 0.387. The average molecular weight is 573 g/mol. The van der Waals surface area contributed by atoms with Gasteiger partial charge in [-0.05, 0) is 50.5 Å². The van der Waals surface area contributed by atoms with Crippen LogP contribution in [0.15, 0.2) is 24.3 Å². The topological polar surface area (TPSA) is 95.9 Å². The van der Waals surface area contributed by atoms with E-state index in [1.807, 2.05) is 14.1 Å². The third kappa shape index (κ3) is 4.42. The molecule has 1 aliphatic carbocycles. The maximum absolute atomic E-state index is 16.7. The van der Waals surface area contributed by atoms with Crippen molar-refractivity contribution in [3.05, 3.63) is 41.5 Å². The zero-order chi connectivity index (χ0) is 29.2. The molecule has 0 amide bonds. The standard InChI is InChI=1S/C31H30F2N6O3/c1-4-20-22(32)6-5-17-11-19(40)12-21(23(17)20)26-25(33)27-24-28(39-10-9-34-13-18(39)14-41-29(24)35-26)37-30(36-27)42-16-31(7-8-31)15-38(2)3/h1,5-6,11-12,18,34,40H,7-10,13-16H2,2-3H3/t18-/m0/s1. The summed E-state index contributed by atoms with van der Waals surface area (Å²) in [6.45, 7) is 3.57. The second kappa shape index (κ2) is 9.93. The molecule has 2 aromatic heterocycles. The maximum Gasteiger partial charge on any atom is 0.319 e. The summed E-state index contributed by atoms with van der Waals surface area (Å²) in [7, 11) is 4.05. The van der Waals surface area contributed by atoms with Crippen molar-refractivity contribution >= 4 is 27.5 Å². The molecule has 0 radical (unpaired) electrons. The van der Waals surface area contributed by atoms with Gasteiger partial charge in [-0.1, -0.05) is 12.0 Å². The van der Waals surface area contributed by atoms with Gasteiger partial charge in [0.05, 0.1) is 18.2 Å². The summed E-state index contributed by atoms with van der Waals surface area (Å²) in [6.07, 6.45) is 7.75. The number of hydrogen-bond donors (Lipinski definition) is 2. The number of aromatic hydroxyl groups is 1. The smallest absolute Gasteiger partial charge is 0.319 e. The van der Waals surface area contributed by atoms with Gasteiger partial charge in [0.1, 0.15) is 40.6 Å². The normalized spacial score (nSPS) is 18.9. The van der Waals surface area contributed by atoms with Crippen molar-refractivity contribution in [1.29, 1.82) is 0 Å². The predicted molar refractivity (Wildman–Crippen MR) is 155 cm³/mol. The Balaban J connectivity index is 1.45.